The van der Waals surface area contributed by atoms with Crippen molar-refractivity contribution < 1.29 is 4.92 Å². The van der Waals surface area contributed by atoms with Crippen molar-refractivity contribution in [3.8, 4) is 5.69 Å². The third-order valence-corrected chi connectivity index (χ3v) is 4.66. The van der Waals surface area contributed by atoms with Crippen LogP contribution >= 0.6 is 12.2 Å². The molecule has 9 heteroatoms. The Morgan fingerprint density at radius 1 is 1.11 bits per heavy atom. The fourth-order valence-corrected chi connectivity index (χ4v) is 3.09. The van der Waals surface area contributed by atoms with Gasteiger partial charge in [0.05, 0.1) is 16.3 Å². The van der Waals surface area contributed by atoms with Crippen molar-refractivity contribution in [3.63, 3.8) is 0 Å². The molecule has 2 N–H and O–H groups in total. The van der Waals surface area contributed by atoms with Gasteiger partial charge >= 0.3 is 0 Å². The predicted molar refractivity (Wildman–Crippen MR) is 113 cm³/mol. The molecule has 0 atom stereocenters. The van der Waals surface area contributed by atoms with E-state index in [1.54, 1.807) is 30.8 Å². The molecule has 0 spiro atoms. The van der Waals surface area contributed by atoms with Gasteiger partial charge in [0, 0.05) is 24.4 Å². The van der Waals surface area contributed by atoms with E-state index in [4.69, 9.17) is 12.2 Å². The van der Waals surface area contributed by atoms with Crippen LogP contribution in [0.5, 0.6) is 0 Å². The zero-order valence-corrected chi connectivity index (χ0v) is 16.4. The van der Waals surface area contributed by atoms with Gasteiger partial charge in [0.2, 0.25) is 0 Å². The zero-order chi connectivity index (χ0) is 20.4. The SMILES string of the molecule is Cc1ccc(NC(=S)Nc2c(C)n(C)n(-c3ccccc3)c2=O)cc1[N+](=O)[O-]. The van der Waals surface area contributed by atoms with Gasteiger partial charge in [-0.3, -0.25) is 19.6 Å². The molecule has 0 fully saturated rings. The number of benzene rings is 2. The first-order chi connectivity index (χ1) is 13.3. The summed E-state index contributed by atoms with van der Waals surface area (Å²) in [5, 5.41) is 17.1. The Morgan fingerprint density at radius 2 is 1.79 bits per heavy atom. The minimum Gasteiger partial charge on any atom is -0.332 e. The van der Waals surface area contributed by atoms with E-state index in [9.17, 15) is 14.9 Å². The van der Waals surface area contributed by atoms with Crippen LogP contribution in [0, 0.1) is 24.0 Å². The van der Waals surface area contributed by atoms with Crippen LogP contribution in [0.4, 0.5) is 17.1 Å². The largest absolute Gasteiger partial charge is 0.332 e. The van der Waals surface area contributed by atoms with Crippen molar-refractivity contribution in [3.05, 3.63) is 80.3 Å². The Hall–Kier alpha value is -3.46. The summed E-state index contributed by atoms with van der Waals surface area (Å²) in [6, 6.07) is 14.0. The Labute approximate surface area is 166 Å². The van der Waals surface area contributed by atoms with Gasteiger partial charge in [-0.25, -0.2) is 4.68 Å². The summed E-state index contributed by atoms with van der Waals surface area (Å²) in [5.74, 6) is 0. The average molecular weight is 397 g/mol. The molecule has 28 heavy (non-hydrogen) atoms. The quantitative estimate of drug-likeness (QED) is 0.397. The highest BCUT2D eigenvalue weighted by molar-refractivity contribution is 7.80. The summed E-state index contributed by atoms with van der Waals surface area (Å²) in [6.07, 6.45) is 0. The topological polar surface area (TPSA) is 94.1 Å². The van der Waals surface area contributed by atoms with E-state index in [1.807, 2.05) is 37.3 Å². The number of thiocarbonyl (C=S) groups is 1. The maximum Gasteiger partial charge on any atom is 0.295 e. The average Bonchev–Trinajstić information content (AvgIpc) is 2.87. The van der Waals surface area contributed by atoms with Gasteiger partial charge in [-0.2, -0.15) is 0 Å². The fourth-order valence-electron chi connectivity index (χ4n) is 2.87. The standard InChI is InChI=1S/C19H19N5O3S/c1-12-9-10-14(11-16(12)24(26)27)20-19(28)21-17-13(2)22(3)23(18(17)25)15-7-5-4-6-8-15/h4-11H,1-3H3,(H2,20,21,28). The van der Waals surface area contributed by atoms with Crippen molar-refractivity contribution >= 4 is 34.4 Å². The number of aryl methyl sites for hydroxylation is 1. The fraction of sp³-hybridized carbons (Fsp3) is 0.158. The Morgan fingerprint density at radius 3 is 2.43 bits per heavy atom. The van der Waals surface area contributed by atoms with E-state index in [0.29, 0.717) is 22.6 Å². The minimum atomic E-state index is -0.448. The summed E-state index contributed by atoms with van der Waals surface area (Å²) >= 11 is 5.30. The smallest absolute Gasteiger partial charge is 0.295 e. The van der Waals surface area contributed by atoms with Crippen LogP contribution in [0.1, 0.15) is 11.3 Å². The van der Waals surface area contributed by atoms with Gasteiger partial charge < -0.3 is 10.6 Å². The van der Waals surface area contributed by atoms with Crippen molar-refractivity contribution in [2.75, 3.05) is 10.6 Å². The van der Waals surface area contributed by atoms with E-state index < -0.39 is 4.92 Å². The Kier molecular flexibility index (Phi) is 5.27. The lowest BCUT2D eigenvalue weighted by Gasteiger charge is -2.10. The van der Waals surface area contributed by atoms with E-state index in [2.05, 4.69) is 10.6 Å². The Bertz CT molecular complexity index is 1120. The molecule has 1 heterocycles. The van der Waals surface area contributed by atoms with Gasteiger partial charge in [-0.05, 0) is 44.3 Å². The molecule has 3 rings (SSSR count). The highest BCUT2D eigenvalue weighted by Crippen LogP contribution is 2.22. The minimum absolute atomic E-state index is 0.00451. The number of nitro groups is 1. The number of nitrogens with one attached hydrogen (secondary N) is 2. The number of hydrogen-bond acceptors (Lipinski definition) is 4. The number of aromatic nitrogens is 2. The number of nitrogens with zero attached hydrogens (tertiary/aromatic N) is 3. The first-order valence-corrected chi connectivity index (χ1v) is 8.87. The van der Waals surface area contributed by atoms with Crippen molar-refractivity contribution in [2.45, 2.75) is 13.8 Å². The normalized spacial score (nSPS) is 10.5. The van der Waals surface area contributed by atoms with Gasteiger partial charge in [-0.1, -0.05) is 24.3 Å². The highest BCUT2D eigenvalue weighted by atomic mass is 32.1. The molecule has 0 amide bonds. The monoisotopic (exact) mass is 397 g/mol. The molecule has 3 aromatic rings. The molecule has 0 aliphatic heterocycles. The van der Waals surface area contributed by atoms with Gasteiger partial charge in [0.1, 0.15) is 5.69 Å². The molecule has 0 radical (unpaired) electrons. The van der Waals surface area contributed by atoms with Crippen molar-refractivity contribution in [1.29, 1.82) is 0 Å². The molecule has 144 valence electrons. The molecule has 0 bridgehead atoms. The second kappa shape index (κ2) is 7.65. The van der Waals surface area contributed by atoms with E-state index in [1.165, 1.54) is 10.7 Å². The molecule has 0 saturated carbocycles. The van der Waals surface area contributed by atoms with Crippen molar-refractivity contribution in [2.24, 2.45) is 7.05 Å². The lowest BCUT2D eigenvalue weighted by Crippen LogP contribution is -2.25. The zero-order valence-electron chi connectivity index (χ0n) is 15.6. The number of anilines is 2. The second-order valence-corrected chi connectivity index (χ2v) is 6.68. The summed E-state index contributed by atoms with van der Waals surface area (Å²) in [6.45, 7) is 3.47. The summed E-state index contributed by atoms with van der Waals surface area (Å²) in [5.41, 5.74) is 2.55. The molecule has 2 aromatic carbocycles. The molecule has 0 unspecified atom stereocenters. The molecular formula is C19H19N5O3S. The van der Waals surface area contributed by atoms with E-state index in [-0.39, 0.29) is 16.4 Å². The number of rotatable bonds is 4. The lowest BCUT2D eigenvalue weighted by molar-refractivity contribution is -0.385. The highest BCUT2D eigenvalue weighted by Gasteiger charge is 2.17. The van der Waals surface area contributed by atoms with Crippen LogP contribution in [0.25, 0.3) is 5.69 Å². The predicted octanol–water partition coefficient (Wildman–Crippen LogP) is 3.51. The molecule has 0 aliphatic rings. The van der Waals surface area contributed by atoms with Crippen LogP contribution in [-0.4, -0.2) is 19.4 Å². The third-order valence-electron chi connectivity index (χ3n) is 4.46. The lowest BCUT2D eigenvalue weighted by atomic mass is 10.2. The van der Waals surface area contributed by atoms with E-state index >= 15 is 0 Å². The third kappa shape index (κ3) is 3.65. The van der Waals surface area contributed by atoms with Crippen LogP contribution < -0.4 is 16.2 Å². The summed E-state index contributed by atoms with van der Waals surface area (Å²) in [4.78, 5) is 23.5. The molecule has 0 saturated heterocycles. The number of hydrogen-bond donors (Lipinski definition) is 2. The van der Waals surface area contributed by atoms with Gasteiger partial charge in [0.15, 0.2) is 5.11 Å². The summed E-state index contributed by atoms with van der Waals surface area (Å²) < 4.78 is 3.27. The molecule has 1 aromatic heterocycles. The first-order valence-electron chi connectivity index (χ1n) is 8.46. The number of nitro benzene ring substituents is 1. The van der Waals surface area contributed by atoms with Crippen LogP contribution in [0.15, 0.2) is 53.3 Å². The maximum absolute atomic E-state index is 12.9. The molecular weight excluding hydrogens is 378 g/mol. The van der Waals surface area contributed by atoms with Crippen molar-refractivity contribution in [1.82, 2.24) is 9.36 Å². The molecule has 0 aliphatic carbocycles. The van der Waals surface area contributed by atoms with E-state index in [0.717, 1.165) is 5.69 Å². The van der Waals surface area contributed by atoms with Gasteiger partial charge in [0.25, 0.3) is 11.2 Å². The first kappa shape index (κ1) is 19.3. The van der Waals surface area contributed by atoms with Gasteiger partial charge in [-0.15, -0.1) is 0 Å². The summed E-state index contributed by atoms with van der Waals surface area (Å²) in [7, 11) is 1.79. The molecule has 8 nitrogen and oxygen atoms in total. The number of para-hydroxylation sites is 1. The second-order valence-electron chi connectivity index (χ2n) is 6.27. The van der Waals surface area contributed by atoms with Crippen LogP contribution in [0.2, 0.25) is 0 Å². The Balaban J connectivity index is 1.87. The van der Waals surface area contributed by atoms with Crippen LogP contribution in [-0.2, 0) is 7.05 Å². The van der Waals surface area contributed by atoms with Crippen LogP contribution in [0.3, 0.4) is 0 Å². The maximum atomic E-state index is 12.9.